The van der Waals surface area contributed by atoms with Gasteiger partial charge in [0.05, 0.1) is 34.2 Å². The fraction of sp³-hybridized carbons (Fsp3) is 0.154. The predicted molar refractivity (Wildman–Crippen MR) is 303 cm³/mol. The molecule has 4 aromatic carbocycles. The number of aromatic amines is 2. The molecule has 0 unspecified atom stereocenters. The third kappa shape index (κ3) is 8.69. The topological polar surface area (TPSA) is 112 Å². The Morgan fingerprint density at radius 3 is 1.16 bits per heavy atom. The van der Waals surface area contributed by atoms with Crippen LogP contribution in [0.4, 0.5) is 5.69 Å². The molecule has 9 aromatic rings. The van der Waals surface area contributed by atoms with E-state index in [1.54, 1.807) is 24.5 Å². The van der Waals surface area contributed by atoms with Crippen molar-refractivity contribution in [3.8, 4) is 55.9 Å². The molecule has 7 heterocycles. The van der Waals surface area contributed by atoms with Gasteiger partial charge in [0.2, 0.25) is 0 Å². The molecule has 11 rings (SSSR count). The largest absolute Gasteiger partial charge is 0.354 e. The molecule has 3 N–H and O–H groups in total. The molecule has 0 radical (unpaired) electrons. The Balaban J connectivity index is 1.18. The van der Waals surface area contributed by atoms with Gasteiger partial charge in [-0.3, -0.25) is 14.8 Å². The van der Waals surface area contributed by atoms with Crippen LogP contribution in [0.3, 0.4) is 0 Å². The highest BCUT2D eigenvalue weighted by atomic mass is 16.1. The summed E-state index contributed by atoms with van der Waals surface area (Å²) < 4.78 is 0. The van der Waals surface area contributed by atoms with Crippen LogP contribution in [-0.4, -0.2) is 35.8 Å². The van der Waals surface area contributed by atoms with Gasteiger partial charge in [0.1, 0.15) is 0 Å². The SMILES string of the molecule is Cc1ccnc(-c2cc(C(=O)Nc3ccc(-c4c5nc(c(-c6c(C)cc(C)cc6C)c6ccc([nH]6)c(-c6c(C)cc(C)cc6C)c6nc(c(-c7c(C)cc(C)cc7C)c7ccc4[nH]7)C=C6)C=C5)cc3)ccn2)c1. The number of nitrogens with one attached hydrogen (secondary N) is 3. The van der Waals surface area contributed by atoms with Crippen molar-refractivity contribution < 1.29 is 4.79 Å². The number of H-pyrrole nitrogens is 2. The maximum Gasteiger partial charge on any atom is 0.255 e. The maximum absolute atomic E-state index is 13.8. The van der Waals surface area contributed by atoms with Crippen molar-refractivity contribution in [2.75, 3.05) is 5.32 Å². The molecular weight excluding hydrogens is 895 g/mol. The fourth-order valence-electron chi connectivity index (χ4n) is 11.3. The highest BCUT2D eigenvalue weighted by Gasteiger charge is 2.23. The van der Waals surface area contributed by atoms with Gasteiger partial charge in [-0.05, 0) is 215 Å². The number of aryl methyl sites for hydroxylation is 10. The summed E-state index contributed by atoms with van der Waals surface area (Å²) >= 11 is 0. The van der Waals surface area contributed by atoms with Crippen LogP contribution in [0.15, 0.2) is 122 Å². The zero-order valence-electron chi connectivity index (χ0n) is 43.1. The van der Waals surface area contributed by atoms with Gasteiger partial charge < -0.3 is 15.3 Å². The Labute approximate surface area is 426 Å². The summed E-state index contributed by atoms with van der Waals surface area (Å²) in [6.45, 7) is 21.7. The third-order valence-electron chi connectivity index (χ3n) is 14.2. The van der Waals surface area contributed by atoms with Crippen molar-refractivity contribution in [1.82, 2.24) is 29.9 Å². The number of rotatable bonds is 7. The Hall–Kier alpha value is -8.75. The molecule has 8 nitrogen and oxygen atoms in total. The van der Waals surface area contributed by atoms with E-state index in [9.17, 15) is 4.79 Å². The first-order chi connectivity index (χ1) is 35.2. The van der Waals surface area contributed by atoms with E-state index >= 15 is 0 Å². The van der Waals surface area contributed by atoms with Crippen LogP contribution in [0.1, 0.15) is 88.8 Å². The van der Waals surface area contributed by atoms with Gasteiger partial charge in [0, 0.05) is 68.0 Å². The van der Waals surface area contributed by atoms with Gasteiger partial charge in [0.15, 0.2) is 0 Å². The number of anilines is 1. The first-order valence-corrected chi connectivity index (χ1v) is 24.9. The molecule has 1 amide bonds. The number of benzene rings is 4. The number of fused-ring (bicyclic) bond motifs is 8. The third-order valence-corrected chi connectivity index (χ3v) is 14.2. The van der Waals surface area contributed by atoms with E-state index in [2.05, 4.69) is 185 Å². The van der Waals surface area contributed by atoms with E-state index < -0.39 is 0 Å². The molecule has 8 bridgehead atoms. The van der Waals surface area contributed by atoms with Crippen molar-refractivity contribution in [2.24, 2.45) is 0 Å². The number of hydrogen-bond donors (Lipinski definition) is 3. The van der Waals surface area contributed by atoms with Gasteiger partial charge in [-0.25, -0.2) is 9.97 Å². The van der Waals surface area contributed by atoms with E-state index in [1.807, 2.05) is 31.2 Å². The molecule has 5 aromatic heterocycles. The summed E-state index contributed by atoms with van der Waals surface area (Å²) in [5.74, 6) is -0.238. The van der Waals surface area contributed by atoms with Crippen molar-refractivity contribution in [2.45, 2.75) is 69.2 Å². The number of hydrogen-bond acceptors (Lipinski definition) is 5. The van der Waals surface area contributed by atoms with Crippen molar-refractivity contribution in [1.29, 1.82) is 0 Å². The lowest BCUT2D eigenvalue weighted by Gasteiger charge is -2.14. The van der Waals surface area contributed by atoms with Crippen LogP contribution in [0.2, 0.25) is 0 Å². The summed E-state index contributed by atoms with van der Waals surface area (Å²) in [5, 5.41) is 3.12. The monoisotopic (exact) mass is 951 g/mol. The van der Waals surface area contributed by atoms with Crippen molar-refractivity contribution >= 4 is 58.0 Å². The maximum atomic E-state index is 13.8. The summed E-state index contributed by atoms with van der Waals surface area (Å²) in [6.07, 6.45) is 12.0. The van der Waals surface area contributed by atoms with E-state index in [0.717, 1.165) is 89.4 Å². The smallest absolute Gasteiger partial charge is 0.255 e. The van der Waals surface area contributed by atoms with E-state index in [-0.39, 0.29) is 5.91 Å². The summed E-state index contributed by atoms with van der Waals surface area (Å²) in [4.78, 5) is 41.9. The zero-order valence-corrected chi connectivity index (χ0v) is 43.1. The molecular formula is C65H57N7O. The second-order valence-electron chi connectivity index (χ2n) is 20.0. The molecule has 0 saturated carbocycles. The molecule has 8 heteroatoms. The van der Waals surface area contributed by atoms with Crippen LogP contribution in [0.25, 0.3) is 102 Å². The zero-order chi connectivity index (χ0) is 50.8. The van der Waals surface area contributed by atoms with Gasteiger partial charge in [0.25, 0.3) is 5.91 Å². The predicted octanol–water partition coefficient (Wildman–Crippen LogP) is 16.1. The lowest BCUT2D eigenvalue weighted by atomic mass is 9.92. The summed E-state index contributed by atoms with van der Waals surface area (Å²) in [6, 6.07) is 37.7. The van der Waals surface area contributed by atoms with E-state index in [1.165, 1.54) is 55.6 Å². The average molecular weight is 952 g/mol. The number of amides is 1. The lowest BCUT2D eigenvalue weighted by molar-refractivity contribution is 0.102. The molecule has 0 saturated heterocycles. The first kappa shape index (κ1) is 46.6. The number of carbonyl (C=O) groups is 1. The van der Waals surface area contributed by atoms with Crippen LogP contribution < -0.4 is 5.32 Å². The Morgan fingerprint density at radius 2 is 0.753 bits per heavy atom. The van der Waals surface area contributed by atoms with Gasteiger partial charge in [-0.2, -0.15) is 0 Å². The van der Waals surface area contributed by atoms with Crippen LogP contribution in [0, 0.1) is 69.2 Å². The normalized spacial score (nSPS) is 11.9. The molecule has 358 valence electrons. The second kappa shape index (κ2) is 18.5. The van der Waals surface area contributed by atoms with E-state index in [0.29, 0.717) is 22.6 Å². The van der Waals surface area contributed by atoms with Crippen molar-refractivity contribution in [3.05, 3.63) is 206 Å². The minimum absolute atomic E-state index is 0.238. The number of aromatic nitrogens is 6. The van der Waals surface area contributed by atoms with Crippen LogP contribution in [-0.2, 0) is 0 Å². The molecule has 2 aliphatic rings. The highest BCUT2D eigenvalue weighted by molar-refractivity contribution is 6.05. The van der Waals surface area contributed by atoms with Crippen molar-refractivity contribution in [3.63, 3.8) is 0 Å². The summed E-state index contributed by atoms with van der Waals surface area (Å²) in [7, 11) is 0. The number of pyridine rings is 2. The van der Waals surface area contributed by atoms with Gasteiger partial charge >= 0.3 is 0 Å². The molecule has 2 aliphatic heterocycles. The Morgan fingerprint density at radius 1 is 0.384 bits per heavy atom. The highest BCUT2D eigenvalue weighted by Crippen LogP contribution is 2.42. The van der Waals surface area contributed by atoms with Gasteiger partial charge in [-0.15, -0.1) is 0 Å². The average Bonchev–Trinajstić information content (AvgIpc) is 4.20. The Bertz CT molecular complexity index is 3890. The molecule has 0 atom stereocenters. The molecule has 0 fully saturated rings. The second-order valence-corrected chi connectivity index (χ2v) is 20.0. The van der Waals surface area contributed by atoms with Crippen LogP contribution in [0.5, 0.6) is 0 Å². The van der Waals surface area contributed by atoms with Gasteiger partial charge in [-0.1, -0.05) is 65.2 Å². The molecule has 73 heavy (non-hydrogen) atoms. The number of carbonyl (C=O) groups excluding carboxylic acids is 1. The quantitative estimate of drug-likeness (QED) is 0.147. The standard InChI is InChI=1S/C65H57N7O/c1-35-23-25-66-56(33-35)57-34-46(24-26-67-57)65(73)68-47-13-11-45(12-14-47)61-48-15-17-50(69-48)62(58-39(5)27-36(2)28-40(58)6)52-19-21-54(71-52)64(60-43(9)31-38(4)32-44(60)10)55-22-20-53(72-55)63(51-18-16-49(61)70-51)59-41(7)29-37(3)30-42(59)8/h11-34,69,72H,1-10H3,(H,68,73). The molecule has 0 spiro atoms. The summed E-state index contributed by atoms with van der Waals surface area (Å²) in [5.41, 5.74) is 29.9. The lowest BCUT2D eigenvalue weighted by Crippen LogP contribution is -2.12. The minimum Gasteiger partial charge on any atom is -0.354 e. The number of nitrogens with zero attached hydrogens (tertiary/aromatic N) is 4. The van der Waals surface area contributed by atoms with E-state index in [4.69, 9.17) is 9.97 Å². The fourth-order valence-corrected chi connectivity index (χ4v) is 11.3. The van der Waals surface area contributed by atoms with Crippen LogP contribution >= 0.6 is 0 Å². The Kier molecular flexibility index (Phi) is 11.8. The molecule has 0 aliphatic carbocycles. The minimum atomic E-state index is -0.238. The first-order valence-electron chi connectivity index (χ1n) is 24.9.